The second-order valence-electron chi connectivity index (χ2n) is 6.19. The standard InChI is InChI=1S/C20H25NO4/c1-23-15-6-4-13(5-7-15)18(22)12-17-16-11-20(25-3)19(24-2)10-14(16)8-9-21-17/h4-7,10-11,17-18,21-22H,8-9,12H2,1-3H3/t17-,18-/m0/s1. The van der Waals surface area contributed by atoms with Crippen molar-refractivity contribution in [3.8, 4) is 17.2 Å². The molecule has 2 atom stereocenters. The number of hydrogen-bond donors (Lipinski definition) is 2. The molecule has 1 aliphatic rings. The van der Waals surface area contributed by atoms with Gasteiger partial charge in [0.15, 0.2) is 11.5 Å². The molecule has 0 fully saturated rings. The van der Waals surface area contributed by atoms with E-state index in [1.165, 1.54) is 5.56 Å². The van der Waals surface area contributed by atoms with E-state index in [1.807, 2.05) is 36.4 Å². The van der Waals surface area contributed by atoms with Crippen LogP contribution in [0.4, 0.5) is 0 Å². The first kappa shape index (κ1) is 17.6. The number of benzene rings is 2. The molecule has 0 bridgehead atoms. The van der Waals surface area contributed by atoms with Crippen molar-refractivity contribution in [1.29, 1.82) is 0 Å². The molecule has 5 nitrogen and oxygen atoms in total. The van der Waals surface area contributed by atoms with Crippen LogP contribution in [0.15, 0.2) is 36.4 Å². The van der Waals surface area contributed by atoms with Gasteiger partial charge in [0.2, 0.25) is 0 Å². The average Bonchev–Trinajstić information content (AvgIpc) is 2.67. The van der Waals surface area contributed by atoms with E-state index in [2.05, 4.69) is 5.32 Å². The first-order chi connectivity index (χ1) is 12.2. The van der Waals surface area contributed by atoms with Gasteiger partial charge in [0.1, 0.15) is 5.75 Å². The number of aliphatic hydroxyl groups is 1. The monoisotopic (exact) mass is 343 g/mol. The molecule has 0 aliphatic carbocycles. The maximum atomic E-state index is 10.7. The molecule has 0 amide bonds. The lowest BCUT2D eigenvalue weighted by atomic mass is 9.89. The number of rotatable bonds is 6. The number of hydrogen-bond acceptors (Lipinski definition) is 5. The molecule has 0 unspecified atom stereocenters. The zero-order chi connectivity index (χ0) is 17.8. The number of nitrogens with one attached hydrogen (secondary N) is 1. The van der Waals surface area contributed by atoms with Crippen LogP contribution < -0.4 is 19.5 Å². The van der Waals surface area contributed by atoms with Crippen molar-refractivity contribution in [2.45, 2.75) is 25.0 Å². The minimum atomic E-state index is -0.553. The molecule has 2 aromatic rings. The van der Waals surface area contributed by atoms with Gasteiger partial charge >= 0.3 is 0 Å². The van der Waals surface area contributed by atoms with Gasteiger partial charge in [-0.25, -0.2) is 0 Å². The summed E-state index contributed by atoms with van der Waals surface area (Å²) in [6, 6.07) is 11.7. The van der Waals surface area contributed by atoms with Crippen molar-refractivity contribution in [1.82, 2.24) is 5.32 Å². The van der Waals surface area contributed by atoms with Gasteiger partial charge in [-0.1, -0.05) is 12.1 Å². The van der Waals surface area contributed by atoms with Gasteiger partial charge in [0.05, 0.1) is 27.4 Å². The Morgan fingerprint density at radius 2 is 1.72 bits per heavy atom. The predicted molar refractivity (Wildman–Crippen MR) is 96.6 cm³/mol. The minimum absolute atomic E-state index is 0.0701. The first-order valence-electron chi connectivity index (χ1n) is 8.46. The Morgan fingerprint density at radius 3 is 2.36 bits per heavy atom. The number of ether oxygens (including phenoxy) is 3. The van der Waals surface area contributed by atoms with Crippen molar-refractivity contribution < 1.29 is 19.3 Å². The maximum Gasteiger partial charge on any atom is 0.161 e. The van der Waals surface area contributed by atoms with Crippen LogP contribution in [0.25, 0.3) is 0 Å². The largest absolute Gasteiger partial charge is 0.497 e. The highest BCUT2D eigenvalue weighted by Crippen LogP contribution is 2.38. The fourth-order valence-corrected chi connectivity index (χ4v) is 3.36. The third-order valence-electron chi connectivity index (χ3n) is 4.77. The fourth-order valence-electron chi connectivity index (χ4n) is 3.36. The van der Waals surface area contributed by atoms with Crippen molar-refractivity contribution in [3.05, 3.63) is 53.1 Å². The molecular weight excluding hydrogens is 318 g/mol. The Labute approximate surface area is 148 Å². The maximum absolute atomic E-state index is 10.7. The van der Waals surface area contributed by atoms with Crippen LogP contribution >= 0.6 is 0 Å². The molecular formula is C20H25NO4. The first-order valence-corrected chi connectivity index (χ1v) is 8.46. The van der Waals surface area contributed by atoms with Gasteiger partial charge < -0.3 is 24.6 Å². The Kier molecular flexibility index (Phi) is 5.46. The summed E-state index contributed by atoms with van der Waals surface area (Å²) in [4.78, 5) is 0. The summed E-state index contributed by atoms with van der Waals surface area (Å²) in [7, 11) is 4.92. The molecule has 0 saturated heterocycles. The van der Waals surface area contributed by atoms with E-state index in [9.17, 15) is 5.11 Å². The lowest BCUT2D eigenvalue weighted by Crippen LogP contribution is -2.31. The SMILES string of the molecule is COc1ccc([C@@H](O)C[C@@H]2NCCc3cc(OC)c(OC)cc32)cc1. The van der Waals surface area contributed by atoms with Crippen molar-refractivity contribution in [3.63, 3.8) is 0 Å². The minimum Gasteiger partial charge on any atom is -0.497 e. The smallest absolute Gasteiger partial charge is 0.161 e. The molecule has 0 radical (unpaired) electrons. The summed E-state index contributed by atoms with van der Waals surface area (Å²) >= 11 is 0. The summed E-state index contributed by atoms with van der Waals surface area (Å²) in [6.45, 7) is 0.877. The topological polar surface area (TPSA) is 60.0 Å². The van der Waals surface area contributed by atoms with Crippen LogP contribution in [0.1, 0.15) is 35.3 Å². The molecule has 2 N–H and O–H groups in total. The number of fused-ring (bicyclic) bond motifs is 1. The van der Waals surface area contributed by atoms with Crippen LogP contribution in [-0.2, 0) is 6.42 Å². The van der Waals surface area contributed by atoms with Gasteiger partial charge in [-0.05, 0) is 60.3 Å². The van der Waals surface area contributed by atoms with Crippen LogP contribution in [0.5, 0.6) is 17.2 Å². The Morgan fingerprint density at radius 1 is 1.04 bits per heavy atom. The van der Waals surface area contributed by atoms with E-state index in [-0.39, 0.29) is 6.04 Å². The van der Waals surface area contributed by atoms with Crippen LogP contribution in [0.2, 0.25) is 0 Å². The van der Waals surface area contributed by atoms with Crippen LogP contribution in [0, 0.1) is 0 Å². The quantitative estimate of drug-likeness (QED) is 0.844. The molecule has 0 spiro atoms. The summed E-state index contributed by atoms with van der Waals surface area (Å²) in [5, 5.41) is 14.2. The van der Waals surface area contributed by atoms with Gasteiger partial charge in [0.25, 0.3) is 0 Å². The summed E-state index contributed by atoms with van der Waals surface area (Å²) in [5.41, 5.74) is 3.29. The molecule has 1 aliphatic heterocycles. The summed E-state index contributed by atoms with van der Waals surface area (Å²) in [6.07, 6.45) is 0.974. The highest BCUT2D eigenvalue weighted by Gasteiger charge is 2.25. The Hall–Kier alpha value is -2.24. The molecule has 25 heavy (non-hydrogen) atoms. The molecule has 1 heterocycles. The van der Waals surface area contributed by atoms with E-state index in [0.29, 0.717) is 12.2 Å². The van der Waals surface area contributed by atoms with E-state index >= 15 is 0 Å². The van der Waals surface area contributed by atoms with E-state index < -0.39 is 6.10 Å². The van der Waals surface area contributed by atoms with Gasteiger partial charge in [-0.15, -0.1) is 0 Å². The number of aliphatic hydroxyl groups excluding tert-OH is 1. The normalized spacial score (nSPS) is 17.5. The summed E-state index contributed by atoms with van der Waals surface area (Å²) in [5.74, 6) is 2.25. The van der Waals surface area contributed by atoms with Crippen LogP contribution in [-0.4, -0.2) is 33.0 Å². The van der Waals surface area contributed by atoms with E-state index in [0.717, 1.165) is 35.6 Å². The molecule has 0 aromatic heterocycles. The van der Waals surface area contributed by atoms with E-state index in [1.54, 1.807) is 21.3 Å². The van der Waals surface area contributed by atoms with E-state index in [4.69, 9.17) is 14.2 Å². The fraction of sp³-hybridized carbons (Fsp3) is 0.400. The average molecular weight is 343 g/mol. The molecule has 2 aromatic carbocycles. The zero-order valence-corrected chi connectivity index (χ0v) is 14.9. The third kappa shape index (κ3) is 3.72. The summed E-state index contributed by atoms with van der Waals surface area (Å²) < 4.78 is 16.0. The van der Waals surface area contributed by atoms with Crippen molar-refractivity contribution in [2.75, 3.05) is 27.9 Å². The number of methoxy groups -OCH3 is 3. The Balaban J connectivity index is 1.82. The second kappa shape index (κ2) is 7.76. The van der Waals surface area contributed by atoms with Crippen molar-refractivity contribution in [2.24, 2.45) is 0 Å². The van der Waals surface area contributed by atoms with Crippen LogP contribution in [0.3, 0.4) is 0 Å². The van der Waals surface area contributed by atoms with Crippen molar-refractivity contribution >= 4 is 0 Å². The molecule has 134 valence electrons. The molecule has 3 rings (SSSR count). The predicted octanol–water partition coefficient (Wildman–Crippen LogP) is 3.02. The lowest BCUT2D eigenvalue weighted by Gasteiger charge is -2.29. The third-order valence-corrected chi connectivity index (χ3v) is 4.77. The highest BCUT2D eigenvalue weighted by atomic mass is 16.5. The second-order valence-corrected chi connectivity index (χ2v) is 6.19. The zero-order valence-electron chi connectivity index (χ0n) is 14.9. The van der Waals surface area contributed by atoms with Gasteiger partial charge in [-0.3, -0.25) is 0 Å². The lowest BCUT2D eigenvalue weighted by molar-refractivity contribution is 0.150. The molecule has 0 saturated carbocycles. The Bertz CT molecular complexity index is 714. The highest BCUT2D eigenvalue weighted by molar-refractivity contribution is 5.49. The molecule has 5 heteroatoms. The van der Waals surface area contributed by atoms with Gasteiger partial charge in [0, 0.05) is 6.04 Å². The van der Waals surface area contributed by atoms with Gasteiger partial charge in [-0.2, -0.15) is 0 Å².